The van der Waals surface area contributed by atoms with Gasteiger partial charge in [-0.05, 0) is 42.7 Å². The molecule has 0 unspecified atom stereocenters. The van der Waals surface area contributed by atoms with E-state index in [-0.39, 0.29) is 5.82 Å². The molecule has 0 aliphatic carbocycles. The zero-order chi connectivity index (χ0) is 14.7. The van der Waals surface area contributed by atoms with E-state index in [1.807, 2.05) is 32.2 Å². The summed E-state index contributed by atoms with van der Waals surface area (Å²) < 4.78 is 14.2. The first-order valence-electron chi connectivity index (χ1n) is 6.92. The third-order valence-electron chi connectivity index (χ3n) is 3.23. The highest BCUT2D eigenvalue weighted by Gasteiger charge is 2.10. The Morgan fingerprint density at radius 1 is 1.15 bits per heavy atom. The smallest absolute Gasteiger partial charge is 0.131 e. The fraction of sp³-hybridized carbons (Fsp3) is 0.353. The lowest BCUT2D eigenvalue weighted by Gasteiger charge is -2.11. The van der Waals surface area contributed by atoms with Crippen LogP contribution >= 0.6 is 0 Å². The summed E-state index contributed by atoms with van der Waals surface area (Å²) in [6, 6.07) is 5.98. The molecular weight excluding hydrogens is 251 g/mol. The monoisotopic (exact) mass is 272 g/mol. The van der Waals surface area contributed by atoms with Crippen LogP contribution in [0.1, 0.15) is 30.5 Å². The molecule has 106 valence electrons. The number of pyridine rings is 1. The first-order valence-corrected chi connectivity index (χ1v) is 6.92. The minimum Gasteiger partial charge on any atom is -0.310 e. The van der Waals surface area contributed by atoms with Crippen LogP contribution in [-0.2, 0) is 6.54 Å². The maximum Gasteiger partial charge on any atom is 0.131 e. The van der Waals surface area contributed by atoms with Crippen LogP contribution in [0.25, 0.3) is 11.1 Å². The van der Waals surface area contributed by atoms with Crippen LogP contribution in [0.2, 0.25) is 0 Å². The summed E-state index contributed by atoms with van der Waals surface area (Å²) in [6.45, 7) is 8.78. The number of aryl methyl sites for hydroxylation is 2. The molecule has 1 heterocycles. The quantitative estimate of drug-likeness (QED) is 0.910. The van der Waals surface area contributed by atoms with Crippen molar-refractivity contribution in [2.45, 2.75) is 40.3 Å². The Kier molecular flexibility index (Phi) is 4.50. The van der Waals surface area contributed by atoms with Crippen LogP contribution in [0.15, 0.2) is 30.6 Å². The summed E-state index contributed by atoms with van der Waals surface area (Å²) in [6.07, 6.45) is 3.54. The number of halogens is 1. The fourth-order valence-corrected chi connectivity index (χ4v) is 2.32. The molecule has 1 aromatic heterocycles. The lowest BCUT2D eigenvalue weighted by Crippen LogP contribution is -2.21. The van der Waals surface area contributed by atoms with Crippen LogP contribution in [0.3, 0.4) is 0 Å². The van der Waals surface area contributed by atoms with Gasteiger partial charge >= 0.3 is 0 Å². The van der Waals surface area contributed by atoms with E-state index >= 15 is 0 Å². The summed E-state index contributed by atoms with van der Waals surface area (Å²) in [5, 5.41) is 3.35. The van der Waals surface area contributed by atoms with Crippen LogP contribution < -0.4 is 5.32 Å². The normalized spacial score (nSPS) is 11.1. The van der Waals surface area contributed by atoms with Gasteiger partial charge in [-0.1, -0.05) is 19.9 Å². The third-order valence-corrected chi connectivity index (χ3v) is 3.23. The van der Waals surface area contributed by atoms with E-state index in [9.17, 15) is 4.39 Å². The van der Waals surface area contributed by atoms with Crippen molar-refractivity contribution in [3.63, 3.8) is 0 Å². The van der Waals surface area contributed by atoms with Gasteiger partial charge in [-0.2, -0.15) is 0 Å². The third kappa shape index (κ3) is 3.42. The lowest BCUT2D eigenvalue weighted by molar-refractivity contribution is 0.588. The van der Waals surface area contributed by atoms with Crippen molar-refractivity contribution in [3.8, 4) is 11.1 Å². The van der Waals surface area contributed by atoms with Gasteiger partial charge in [0.2, 0.25) is 0 Å². The Bertz CT molecular complexity index is 583. The lowest BCUT2D eigenvalue weighted by atomic mass is 9.98. The molecule has 0 saturated carbocycles. The number of aromatic nitrogens is 1. The van der Waals surface area contributed by atoms with Gasteiger partial charge < -0.3 is 5.32 Å². The standard InChI is InChI=1S/C17H21FN2/c1-11(2)20-9-14-7-15(10-19-8-14)17-13(4)5-12(3)6-16(17)18/h5-8,10-11,20H,9H2,1-4H3. The maximum absolute atomic E-state index is 14.2. The molecule has 2 aromatic rings. The number of nitrogens with zero attached hydrogens (tertiary/aromatic N) is 1. The summed E-state index contributed by atoms with van der Waals surface area (Å²) in [5.74, 6) is -0.182. The highest BCUT2D eigenvalue weighted by Crippen LogP contribution is 2.27. The molecule has 0 aliphatic heterocycles. The molecule has 20 heavy (non-hydrogen) atoms. The highest BCUT2D eigenvalue weighted by molar-refractivity contribution is 5.68. The Morgan fingerprint density at radius 2 is 1.90 bits per heavy atom. The highest BCUT2D eigenvalue weighted by atomic mass is 19.1. The van der Waals surface area contributed by atoms with Gasteiger partial charge in [0.25, 0.3) is 0 Å². The number of nitrogens with one attached hydrogen (secondary N) is 1. The van der Waals surface area contributed by atoms with E-state index in [0.717, 1.165) is 28.8 Å². The molecule has 1 aromatic carbocycles. The predicted molar refractivity (Wildman–Crippen MR) is 81.1 cm³/mol. The molecule has 1 N–H and O–H groups in total. The van der Waals surface area contributed by atoms with Crippen molar-refractivity contribution in [2.24, 2.45) is 0 Å². The molecule has 0 radical (unpaired) electrons. The first kappa shape index (κ1) is 14.7. The van der Waals surface area contributed by atoms with Crippen LogP contribution in [0, 0.1) is 19.7 Å². The Hall–Kier alpha value is -1.74. The SMILES string of the molecule is Cc1cc(C)c(-c2cncc(CNC(C)C)c2)c(F)c1. The van der Waals surface area contributed by atoms with E-state index in [1.54, 1.807) is 12.3 Å². The van der Waals surface area contributed by atoms with E-state index in [1.165, 1.54) is 0 Å². The zero-order valence-electron chi connectivity index (χ0n) is 12.5. The van der Waals surface area contributed by atoms with Gasteiger partial charge in [0.1, 0.15) is 5.82 Å². The van der Waals surface area contributed by atoms with Crippen LogP contribution in [-0.4, -0.2) is 11.0 Å². The van der Waals surface area contributed by atoms with E-state index < -0.39 is 0 Å². The van der Waals surface area contributed by atoms with Gasteiger partial charge in [-0.25, -0.2) is 4.39 Å². The minimum absolute atomic E-state index is 0.182. The zero-order valence-corrected chi connectivity index (χ0v) is 12.5. The van der Waals surface area contributed by atoms with Crippen molar-refractivity contribution < 1.29 is 4.39 Å². The summed E-state index contributed by atoms with van der Waals surface area (Å²) in [5.41, 5.74) is 4.43. The van der Waals surface area contributed by atoms with Crippen molar-refractivity contribution in [2.75, 3.05) is 0 Å². The summed E-state index contributed by atoms with van der Waals surface area (Å²) in [4.78, 5) is 4.24. The molecule has 2 nitrogen and oxygen atoms in total. The predicted octanol–water partition coefficient (Wildman–Crippen LogP) is 4.00. The number of benzene rings is 1. The molecule has 0 fully saturated rings. The second kappa shape index (κ2) is 6.14. The van der Waals surface area contributed by atoms with Crippen molar-refractivity contribution in [1.82, 2.24) is 10.3 Å². The molecule has 0 amide bonds. The van der Waals surface area contributed by atoms with Gasteiger partial charge in [0, 0.05) is 36.1 Å². The Morgan fingerprint density at radius 3 is 2.55 bits per heavy atom. The molecule has 3 heteroatoms. The van der Waals surface area contributed by atoms with E-state index in [4.69, 9.17) is 0 Å². The summed E-state index contributed by atoms with van der Waals surface area (Å²) in [7, 11) is 0. The van der Waals surface area contributed by atoms with Gasteiger partial charge in [0.05, 0.1) is 0 Å². The fourth-order valence-electron chi connectivity index (χ4n) is 2.32. The molecule has 0 bridgehead atoms. The van der Waals surface area contributed by atoms with Crippen LogP contribution in [0.5, 0.6) is 0 Å². The molecule has 0 aliphatic rings. The molecule has 0 spiro atoms. The average Bonchev–Trinajstić information content (AvgIpc) is 2.35. The van der Waals surface area contributed by atoms with Gasteiger partial charge in [-0.3, -0.25) is 4.98 Å². The molecule has 2 rings (SSSR count). The van der Waals surface area contributed by atoms with Crippen LogP contribution in [0.4, 0.5) is 4.39 Å². The van der Waals surface area contributed by atoms with Crippen molar-refractivity contribution >= 4 is 0 Å². The molecular formula is C17H21FN2. The number of hydrogen-bond acceptors (Lipinski definition) is 2. The topological polar surface area (TPSA) is 24.9 Å². The number of hydrogen-bond donors (Lipinski definition) is 1. The maximum atomic E-state index is 14.2. The Labute approximate surface area is 120 Å². The van der Waals surface area contributed by atoms with Crippen molar-refractivity contribution in [3.05, 3.63) is 53.1 Å². The second-order valence-corrected chi connectivity index (χ2v) is 5.56. The minimum atomic E-state index is -0.182. The molecule has 0 atom stereocenters. The largest absolute Gasteiger partial charge is 0.310 e. The average molecular weight is 272 g/mol. The Balaban J connectivity index is 2.36. The summed E-state index contributed by atoms with van der Waals surface area (Å²) >= 11 is 0. The van der Waals surface area contributed by atoms with Gasteiger partial charge in [0.15, 0.2) is 0 Å². The second-order valence-electron chi connectivity index (χ2n) is 5.56. The van der Waals surface area contributed by atoms with Crippen molar-refractivity contribution in [1.29, 1.82) is 0 Å². The van der Waals surface area contributed by atoms with Gasteiger partial charge in [-0.15, -0.1) is 0 Å². The van der Waals surface area contributed by atoms with E-state index in [2.05, 4.69) is 24.1 Å². The van der Waals surface area contributed by atoms with E-state index in [0.29, 0.717) is 11.6 Å². The number of rotatable bonds is 4. The first-order chi connectivity index (χ1) is 9.47. The molecule has 0 saturated heterocycles.